The first kappa shape index (κ1) is 21.3. The number of nitrogens with zero attached hydrogens (tertiary/aromatic N) is 4. The molecular formula is C24H30ClN6O+. The van der Waals surface area contributed by atoms with Crippen molar-refractivity contribution in [2.45, 2.75) is 50.6 Å². The second-order valence-electron chi connectivity index (χ2n) is 9.78. The van der Waals surface area contributed by atoms with Gasteiger partial charge in [0, 0.05) is 42.1 Å². The molecule has 7 nitrogen and oxygen atoms in total. The highest BCUT2D eigenvalue weighted by molar-refractivity contribution is 6.30. The minimum Gasteiger partial charge on any atom is -0.365 e. The van der Waals surface area contributed by atoms with Gasteiger partial charge in [-0.15, -0.1) is 0 Å². The lowest BCUT2D eigenvalue weighted by Gasteiger charge is -2.53. The van der Waals surface area contributed by atoms with E-state index in [-0.39, 0.29) is 12.0 Å². The van der Waals surface area contributed by atoms with Crippen LogP contribution in [0.4, 0.5) is 11.5 Å². The molecule has 8 heteroatoms. The molecule has 3 unspecified atom stereocenters. The number of hydrogen-bond donors (Lipinski definition) is 2. The highest BCUT2D eigenvalue weighted by Crippen LogP contribution is 2.44. The zero-order valence-corrected chi connectivity index (χ0v) is 19.0. The smallest absolute Gasteiger partial charge is 0.254 e. The van der Waals surface area contributed by atoms with Crippen LogP contribution in [0.5, 0.6) is 0 Å². The number of benzene rings is 1. The van der Waals surface area contributed by atoms with Gasteiger partial charge in [-0.05, 0) is 43.5 Å². The van der Waals surface area contributed by atoms with Crippen LogP contribution in [0.3, 0.4) is 0 Å². The van der Waals surface area contributed by atoms with Crippen molar-refractivity contribution in [3.05, 3.63) is 41.0 Å². The number of carbonyl (C=O) groups excluding carboxylic acids is 1. The van der Waals surface area contributed by atoms with Gasteiger partial charge in [0.15, 0.2) is 5.82 Å². The Labute approximate surface area is 193 Å². The van der Waals surface area contributed by atoms with Gasteiger partial charge in [0.2, 0.25) is 0 Å². The van der Waals surface area contributed by atoms with E-state index in [1.165, 1.54) is 43.4 Å². The van der Waals surface area contributed by atoms with Gasteiger partial charge in [0.25, 0.3) is 5.91 Å². The van der Waals surface area contributed by atoms with Crippen LogP contribution in [0.1, 0.15) is 54.9 Å². The van der Waals surface area contributed by atoms with E-state index in [1.54, 1.807) is 23.0 Å². The predicted octanol–water partition coefficient (Wildman–Crippen LogP) is 4.24. The third-order valence-corrected chi connectivity index (χ3v) is 7.95. The normalized spacial score (nSPS) is 26.7. The first-order valence-electron chi connectivity index (χ1n) is 11.6. The van der Waals surface area contributed by atoms with Gasteiger partial charge in [-0.2, -0.15) is 10.4 Å². The van der Waals surface area contributed by atoms with E-state index in [0.717, 1.165) is 30.9 Å². The SMILES string of the molecule is N#CC1CC([N+]2(CC3CC3)CCC2)CCC1n1cc(C(N)=O)c(Nc2ccc(Cl)cc2)n1. The number of likely N-dealkylation sites (tertiary alicyclic amines) is 1. The number of carbonyl (C=O) groups is 1. The molecule has 32 heavy (non-hydrogen) atoms. The Balaban J connectivity index is 1.35. The Bertz CT molecular complexity index is 1030. The fraction of sp³-hybridized carbons (Fsp3) is 0.542. The van der Waals surface area contributed by atoms with Gasteiger partial charge >= 0.3 is 0 Å². The lowest BCUT2D eigenvalue weighted by atomic mass is 9.79. The number of primary amides is 1. The van der Waals surface area contributed by atoms with Gasteiger partial charge in [0.05, 0.1) is 43.7 Å². The molecule has 0 spiro atoms. The van der Waals surface area contributed by atoms with E-state index in [4.69, 9.17) is 17.3 Å². The number of nitrogens with one attached hydrogen (secondary N) is 1. The standard InChI is InChI=1S/C24H29ClN6O/c25-18-4-6-19(7-5-18)28-24-21(23(27)32)14-30(29-24)22-9-8-20(12-17(22)13-26)31(10-1-11-31)15-16-2-3-16/h4-7,14,16-17,20,22H,1-3,8-12,15H2,(H2-,27,28,29,32)/p+1. The molecule has 1 aromatic heterocycles. The summed E-state index contributed by atoms with van der Waals surface area (Å²) >= 11 is 5.97. The average molecular weight is 454 g/mol. The maximum absolute atomic E-state index is 12.1. The lowest BCUT2D eigenvalue weighted by Crippen LogP contribution is -2.65. The maximum atomic E-state index is 12.1. The number of halogens is 1. The quantitative estimate of drug-likeness (QED) is 0.612. The van der Waals surface area contributed by atoms with Crippen molar-refractivity contribution in [3.63, 3.8) is 0 Å². The van der Waals surface area contributed by atoms with Crippen LogP contribution in [0, 0.1) is 23.2 Å². The Kier molecular flexibility index (Phi) is 5.60. The fourth-order valence-corrected chi connectivity index (χ4v) is 5.79. The Hall–Kier alpha value is -2.56. The molecule has 168 valence electrons. The summed E-state index contributed by atoms with van der Waals surface area (Å²) in [5.41, 5.74) is 6.74. The summed E-state index contributed by atoms with van der Waals surface area (Å²) in [7, 11) is 0. The third-order valence-electron chi connectivity index (χ3n) is 7.70. The van der Waals surface area contributed by atoms with Gasteiger partial charge in [-0.25, -0.2) is 0 Å². The molecule has 3 N–H and O–H groups in total. The summed E-state index contributed by atoms with van der Waals surface area (Å²) in [6, 6.07) is 10.3. The summed E-state index contributed by atoms with van der Waals surface area (Å²) in [6.07, 6.45) is 8.67. The monoisotopic (exact) mass is 453 g/mol. The molecule has 1 saturated heterocycles. The first-order valence-corrected chi connectivity index (χ1v) is 12.0. The minimum atomic E-state index is -0.538. The van der Waals surface area contributed by atoms with Crippen LogP contribution >= 0.6 is 11.6 Å². The number of rotatable bonds is 7. The summed E-state index contributed by atoms with van der Waals surface area (Å²) in [5, 5.41) is 18.5. The minimum absolute atomic E-state index is 0.0441. The van der Waals surface area contributed by atoms with Gasteiger partial charge in [0.1, 0.15) is 5.56 Å². The second-order valence-corrected chi connectivity index (χ2v) is 10.2. The zero-order valence-electron chi connectivity index (χ0n) is 18.2. The van der Waals surface area contributed by atoms with Crippen molar-refractivity contribution in [2.75, 3.05) is 25.0 Å². The van der Waals surface area contributed by atoms with Crippen LogP contribution in [0.2, 0.25) is 5.02 Å². The van der Waals surface area contributed by atoms with Crippen molar-refractivity contribution in [1.82, 2.24) is 9.78 Å². The fourth-order valence-electron chi connectivity index (χ4n) is 5.67. The van der Waals surface area contributed by atoms with Crippen molar-refractivity contribution < 1.29 is 9.28 Å². The molecule has 2 aromatic rings. The highest BCUT2D eigenvalue weighted by atomic mass is 35.5. The number of nitrogens with two attached hydrogens (primary N) is 1. The van der Waals surface area contributed by atoms with Crippen LogP contribution < -0.4 is 11.1 Å². The second kappa shape index (κ2) is 8.42. The molecule has 0 bridgehead atoms. The highest BCUT2D eigenvalue weighted by Gasteiger charge is 2.49. The van der Waals surface area contributed by atoms with Crippen LogP contribution in [0.25, 0.3) is 0 Å². The van der Waals surface area contributed by atoms with Crippen LogP contribution in [0.15, 0.2) is 30.5 Å². The molecule has 2 heterocycles. The van der Waals surface area contributed by atoms with E-state index < -0.39 is 5.91 Å². The maximum Gasteiger partial charge on any atom is 0.254 e. The van der Waals surface area contributed by atoms with E-state index in [0.29, 0.717) is 22.4 Å². The molecule has 3 atom stereocenters. The Morgan fingerprint density at radius 3 is 2.59 bits per heavy atom. The first-order chi connectivity index (χ1) is 15.5. The van der Waals surface area contributed by atoms with E-state index in [9.17, 15) is 10.1 Å². The molecule has 1 aliphatic heterocycles. The molecule has 2 saturated carbocycles. The Morgan fingerprint density at radius 2 is 2.00 bits per heavy atom. The molecule has 5 rings (SSSR count). The number of aromatic nitrogens is 2. The largest absolute Gasteiger partial charge is 0.365 e. The van der Waals surface area contributed by atoms with Crippen molar-refractivity contribution in [1.29, 1.82) is 5.26 Å². The number of nitriles is 1. The molecule has 1 aromatic carbocycles. The third kappa shape index (κ3) is 4.10. The van der Waals surface area contributed by atoms with Crippen LogP contribution in [-0.4, -0.2) is 45.8 Å². The molecule has 3 fully saturated rings. The number of amides is 1. The predicted molar refractivity (Wildman–Crippen MR) is 123 cm³/mol. The van der Waals surface area contributed by atoms with Gasteiger partial charge < -0.3 is 15.5 Å². The van der Waals surface area contributed by atoms with E-state index in [2.05, 4.69) is 16.5 Å². The lowest BCUT2D eigenvalue weighted by molar-refractivity contribution is -0.988. The van der Waals surface area contributed by atoms with Crippen LogP contribution in [-0.2, 0) is 0 Å². The average Bonchev–Trinajstić information content (AvgIpc) is 3.48. The summed E-state index contributed by atoms with van der Waals surface area (Å²) < 4.78 is 3.02. The molecule has 0 radical (unpaired) electrons. The summed E-state index contributed by atoms with van der Waals surface area (Å²) in [6.45, 7) is 3.84. The Morgan fingerprint density at radius 1 is 1.25 bits per heavy atom. The number of quaternary nitrogens is 1. The summed E-state index contributed by atoms with van der Waals surface area (Å²) in [4.78, 5) is 12.1. The van der Waals surface area contributed by atoms with Crippen molar-refractivity contribution >= 4 is 29.0 Å². The topological polar surface area (TPSA) is 96.7 Å². The van der Waals surface area contributed by atoms with Crippen molar-refractivity contribution in [2.24, 2.45) is 17.6 Å². The van der Waals surface area contributed by atoms with E-state index >= 15 is 0 Å². The molecular weight excluding hydrogens is 424 g/mol. The molecule has 1 amide bonds. The van der Waals surface area contributed by atoms with Crippen molar-refractivity contribution in [3.8, 4) is 6.07 Å². The number of anilines is 2. The number of hydrogen-bond acceptors (Lipinski definition) is 4. The summed E-state index contributed by atoms with van der Waals surface area (Å²) in [5.74, 6) is 0.662. The molecule has 2 aliphatic carbocycles. The van der Waals surface area contributed by atoms with Gasteiger partial charge in [-0.1, -0.05) is 11.6 Å². The van der Waals surface area contributed by atoms with E-state index in [1.807, 2.05) is 12.1 Å². The van der Waals surface area contributed by atoms with Gasteiger partial charge in [-0.3, -0.25) is 9.48 Å². The zero-order chi connectivity index (χ0) is 22.3. The molecule has 3 aliphatic rings.